The number of aliphatic hydroxyl groups excluding tert-OH is 1. The van der Waals surface area contributed by atoms with Crippen molar-refractivity contribution in [3.05, 3.63) is 11.7 Å². The first kappa shape index (κ1) is 12.1. The Morgan fingerprint density at radius 1 is 1.53 bits per heavy atom. The largest absolute Gasteiger partial charge is 0.393 e. The van der Waals surface area contributed by atoms with Gasteiger partial charge in [0.15, 0.2) is 5.82 Å². The van der Waals surface area contributed by atoms with Crippen LogP contribution in [0.15, 0.2) is 4.52 Å². The average Bonchev–Trinajstić information content (AvgIpc) is 2.63. The Bertz CT molecular complexity index is 273. The Hall–Kier alpha value is -0.940. The first-order valence-electron chi connectivity index (χ1n) is 5.29. The van der Waals surface area contributed by atoms with E-state index >= 15 is 0 Å². The molecule has 1 aromatic heterocycles. The summed E-state index contributed by atoms with van der Waals surface area (Å²) in [6.07, 6.45) is 1.89. The summed E-state index contributed by atoms with van der Waals surface area (Å²) in [5.41, 5.74) is 0. The third kappa shape index (κ3) is 4.90. The summed E-state index contributed by atoms with van der Waals surface area (Å²) in [7, 11) is 0. The van der Waals surface area contributed by atoms with Gasteiger partial charge in [-0.25, -0.2) is 0 Å². The SMILES string of the molecule is CCCOCc1noc(CCC(C)O)n1. The Labute approximate surface area is 89.4 Å². The lowest BCUT2D eigenvalue weighted by molar-refractivity contribution is 0.114. The second-order valence-electron chi connectivity index (χ2n) is 3.54. The predicted octanol–water partition coefficient (Wildman–Crippen LogP) is 1.31. The Morgan fingerprint density at radius 3 is 3.00 bits per heavy atom. The van der Waals surface area contributed by atoms with Crippen molar-refractivity contribution in [2.75, 3.05) is 6.61 Å². The lowest BCUT2D eigenvalue weighted by atomic mass is 10.2. The molecular weight excluding hydrogens is 196 g/mol. The normalized spacial score (nSPS) is 13.0. The van der Waals surface area contributed by atoms with Crippen molar-refractivity contribution in [3.63, 3.8) is 0 Å². The molecule has 1 aromatic rings. The molecule has 15 heavy (non-hydrogen) atoms. The van der Waals surface area contributed by atoms with Crippen LogP contribution in [0.3, 0.4) is 0 Å². The van der Waals surface area contributed by atoms with Crippen molar-refractivity contribution >= 4 is 0 Å². The van der Waals surface area contributed by atoms with E-state index in [2.05, 4.69) is 10.1 Å². The van der Waals surface area contributed by atoms with Crippen LogP contribution in [-0.4, -0.2) is 28.0 Å². The van der Waals surface area contributed by atoms with Crippen LogP contribution in [0.4, 0.5) is 0 Å². The van der Waals surface area contributed by atoms with E-state index in [-0.39, 0.29) is 6.10 Å². The molecule has 0 spiro atoms. The fraction of sp³-hybridized carbons (Fsp3) is 0.800. The number of hydrogen-bond donors (Lipinski definition) is 1. The zero-order chi connectivity index (χ0) is 11.1. The van der Waals surface area contributed by atoms with Crippen molar-refractivity contribution in [3.8, 4) is 0 Å². The summed E-state index contributed by atoms with van der Waals surface area (Å²) in [6.45, 7) is 4.88. The highest BCUT2D eigenvalue weighted by Gasteiger charge is 2.07. The van der Waals surface area contributed by atoms with Crippen LogP contribution in [-0.2, 0) is 17.8 Å². The van der Waals surface area contributed by atoms with Gasteiger partial charge >= 0.3 is 0 Å². The van der Waals surface area contributed by atoms with E-state index in [1.165, 1.54) is 0 Å². The topological polar surface area (TPSA) is 68.4 Å². The van der Waals surface area contributed by atoms with Gasteiger partial charge in [0, 0.05) is 13.0 Å². The second kappa shape index (κ2) is 6.53. The number of ether oxygens (including phenoxy) is 1. The molecule has 0 aliphatic heterocycles. The molecule has 1 N–H and O–H groups in total. The molecule has 1 heterocycles. The first-order valence-corrected chi connectivity index (χ1v) is 5.29. The molecule has 0 amide bonds. The number of aryl methyl sites for hydroxylation is 1. The quantitative estimate of drug-likeness (QED) is 0.693. The van der Waals surface area contributed by atoms with Gasteiger partial charge in [-0.1, -0.05) is 12.1 Å². The maximum Gasteiger partial charge on any atom is 0.226 e. The third-order valence-corrected chi connectivity index (χ3v) is 1.87. The van der Waals surface area contributed by atoms with Crippen LogP contribution < -0.4 is 0 Å². The van der Waals surface area contributed by atoms with E-state index < -0.39 is 0 Å². The molecule has 5 heteroatoms. The van der Waals surface area contributed by atoms with Gasteiger partial charge in [-0.3, -0.25) is 0 Å². The van der Waals surface area contributed by atoms with Gasteiger partial charge in [0.25, 0.3) is 0 Å². The lowest BCUT2D eigenvalue weighted by Gasteiger charge is -1.98. The molecule has 0 aliphatic carbocycles. The summed E-state index contributed by atoms with van der Waals surface area (Å²) >= 11 is 0. The molecule has 5 nitrogen and oxygen atoms in total. The highest BCUT2D eigenvalue weighted by Crippen LogP contribution is 2.04. The van der Waals surface area contributed by atoms with Gasteiger partial charge in [0.2, 0.25) is 5.89 Å². The number of nitrogens with zero attached hydrogens (tertiary/aromatic N) is 2. The minimum Gasteiger partial charge on any atom is -0.393 e. The fourth-order valence-corrected chi connectivity index (χ4v) is 1.09. The number of rotatable bonds is 7. The van der Waals surface area contributed by atoms with Crippen molar-refractivity contribution < 1.29 is 14.4 Å². The minimum atomic E-state index is -0.336. The zero-order valence-corrected chi connectivity index (χ0v) is 9.27. The number of hydrogen-bond acceptors (Lipinski definition) is 5. The maximum absolute atomic E-state index is 9.08. The minimum absolute atomic E-state index is 0.336. The highest BCUT2D eigenvalue weighted by atomic mass is 16.5. The van der Waals surface area contributed by atoms with Crippen molar-refractivity contribution in [1.29, 1.82) is 0 Å². The van der Waals surface area contributed by atoms with Gasteiger partial charge in [-0.15, -0.1) is 0 Å². The van der Waals surface area contributed by atoms with Crippen LogP contribution in [0.25, 0.3) is 0 Å². The van der Waals surface area contributed by atoms with E-state index in [0.29, 0.717) is 37.8 Å². The molecule has 0 saturated carbocycles. The summed E-state index contributed by atoms with van der Waals surface area (Å²) in [5, 5.41) is 12.9. The van der Waals surface area contributed by atoms with Gasteiger partial charge in [0.1, 0.15) is 6.61 Å². The van der Waals surface area contributed by atoms with Crippen molar-refractivity contribution in [2.45, 2.75) is 45.8 Å². The van der Waals surface area contributed by atoms with Gasteiger partial charge in [-0.05, 0) is 19.8 Å². The fourth-order valence-electron chi connectivity index (χ4n) is 1.09. The molecule has 0 radical (unpaired) electrons. The van der Waals surface area contributed by atoms with Crippen LogP contribution in [0.1, 0.15) is 38.4 Å². The Balaban J connectivity index is 2.29. The van der Waals surface area contributed by atoms with Crippen LogP contribution in [0, 0.1) is 0 Å². The standard InChI is InChI=1S/C10H18N2O3/c1-3-6-14-7-9-11-10(15-12-9)5-4-8(2)13/h8,13H,3-7H2,1-2H3. The molecule has 1 rings (SSSR count). The molecule has 0 aliphatic rings. The van der Waals surface area contributed by atoms with Crippen LogP contribution in [0.5, 0.6) is 0 Å². The lowest BCUT2D eigenvalue weighted by Crippen LogP contribution is -2.01. The highest BCUT2D eigenvalue weighted by molar-refractivity contribution is 4.84. The second-order valence-corrected chi connectivity index (χ2v) is 3.54. The van der Waals surface area contributed by atoms with Gasteiger partial charge < -0.3 is 14.4 Å². The molecule has 1 atom stereocenters. The zero-order valence-electron chi connectivity index (χ0n) is 9.27. The van der Waals surface area contributed by atoms with Crippen molar-refractivity contribution in [2.24, 2.45) is 0 Å². The first-order chi connectivity index (χ1) is 7.22. The van der Waals surface area contributed by atoms with Crippen molar-refractivity contribution in [1.82, 2.24) is 10.1 Å². The molecular formula is C10H18N2O3. The Morgan fingerprint density at radius 2 is 2.33 bits per heavy atom. The molecule has 86 valence electrons. The average molecular weight is 214 g/mol. The molecule has 0 saturated heterocycles. The van der Waals surface area contributed by atoms with E-state index in [1.54, 1.807) is 6.92 Å². The summed E-state index contributed by atoms with van der Waals surface area (Å²) in [5.74, 6) is 1.13. The Kier molecular flexibility index (Phi) is 5.28. The summed E-state index contributed by atoms with van der Waals surface area (Å²) in [4.78, 5) is 4.14. The maximum atomic E-state index is 9.08. The van der Waals surface area contributed by atoms with E-state index in [4.69, 9.17) is 14.4 Å². The predicted molar refractivity (Wildman–Crippen MR) is 54.2 cm³/mol. The van der Waals surface area contributed by atoms with E-state index in [1.807, 2.05) is 6.92 Å². The molecule has 0 fully saturated rings. The van der Waals surface area contributed by atoms with Crippen LogP contribution >= 0.6 is 0 Å². The summed E-state index contributed by atoms with van der Waals surface area (Å²) in [6, 6.07) is 0. The van der Waals surface area contributed by atoms with E-state index in [9.17, 15) is 0 Å². The number of aromatic nitrogens is 2. The molecule has 0 bridgehead atoms. The molecule has 0 aromatic carbocycles. The number of aliphatic hydroxyl groups is 1. The van der Waals surface area contributed by atoms with Gasteiger partial charge in [-0.2, -0.15) is 4.98 Å². The third-order valence-electron chi connectivity index (χ3n) is 1.87. The van der Waals surface area contributed by atoms with E-state index in [0.717, 1.165) is 6.42 Å². The monoisotopic (exact) mass is 214 g/mol. The van der Waals surface area contributed by atoms with Gasteiger partial charge in [0.05, 0.1) is 6.10 Å². The van der Waals surface area contributed by atoms with Crippen LogP contribution in [0.2, 0.25) is 0 Å². The smallest absolute Gasteiger partial charge is 0.226 e. The molecule has 1 unspecified atom stereocenters. The summed E-state index contributed by atoms with van der Waals surface area (Å²) < 4.78 is 10.3.